The third-order valence-electron chi connectivity index (χ3n) is 4.39. The molecule has 0 saturated carbocycles. The van der Waals surface area contributed by atoms with Crippen molar-refractivity contribution in [3.05, 3.63) is 42.1 Å². The van der Waals surface area contributed by atoms with E-state index in [0.717, 1.165) is 16.5 Å². The molecule has 0 N–H and O–H groups in total. The summed E-state index contributed by atoms with van der Waals surface area (Å²) < 4.78 is 29.2. The molecule has 1 aromatic heterocycles. The van der Waals surface area contributed by atoms with Crippen molar-refractivity contribution in [2.24, 2.45) is 0 Å². The summed E-state index contributed by atoms with van der Waals surface area (Å²) in [6.45, 7) is 6.35. The Morgan fingerprint density at radius 1 is 1.43 bits per heavy atom. The standard InChI is InChI=1S/C18H20F2N2O/c1-3-13-6-7-14-15(11-21(4-2)16(14)10-13)17(23)22-9-5-8-18(19,20)12-22/h3,6-7,10-11H,1,4-5,8-9,12H2,2H3. The number of rotatable bonds is 3. The Labute approximate surface area is 134 Å². The molecule has 1 aromatic carbocycles. The highest BCUT2D eigenvalue weighted by Crippen LogP contribution is 2.30. The number of aromatic nitrogens is 1. The summed E-state index contributed by atoms with van der Waals surface area (Å²) in [6.07, 6.45) is 3.72. The van der Waals surface area contributed by atoms with Gasteiger partial charge in [0.1, 0.15) is 0 Å². The van der Waals surface area contributed by atoms with Crippen LogP contribution in [0.4, 0.5) is 8.78 Å². The minimum Gasteiger partial charge on any atom is -0.347 e. The Bertz CT molecular complexity index is 764. The van der Waals surface area contributed by atoms with Gasteiger partial charge in [0, 0.05) is 36.6 Å². The first-order valence-electron chi connectivity index (χ1n) is 7.87. The van der Waals surface area contributed by atoms with Gasteiger partial charge in [-0.1, -0.05) is 24.8 Å². The normalized spacial score (nSPS) is 17.4. The number of hydrogen-bond acceptors (Lipinski definition) is 1. The van der Waals surface area contributed by atoms with Gasteiger partial charge >= 0.3 is 0 Å². The van der Waals surface area contributed by atoms with Crippen molar-refractivity contribution in [1.82, 2.24) is 9.47 Å². The van der Waals surface area contributed by atoms with Crippen LogP contribution in [0, 0.1) is 0 Å². The van der Waals surface area contributed by atoms with Gasteiger partial charge in [0.2, 0.25) is 0 Å². The SMILES string of the molecule is C=Cc1ccc2c(C(=O)N3CCCC(F)(F)C3)cn(CC)c2c1. The molecule has 0 aliphatic carbocycles. The highest BCUT2D eigenvalue weighted by atomic mass is 19.3. The monoisotopic (exact) mass is 318 g/mol. The maximum atomic E-state index is 13.6. The summed E-state index contributed by atoms with van der Waals surface area (Å²) in [7, 11) is 0. The van der Waals surface area contributed by atoms with Gasteiger partial charge in [0.25, 0.3) is 11.8 Å². The van der Waals surface area contributed by atoms with Crippen molar-refractivity contribution in [2.75, 3.05) is 13.1 Å². The number of amides is 1. The summed E-state index contributed by atoms with van der Waals surface area (Å²) in [5, 5.41) is 0.802. The van der Waals surface area contributed by atoms with E-state index >= 15 is 0 Å². The van der Waals surface area contributed by atoms with Gasteiger partial charge in [0.05, 0.1) is 12.1 Å². The van der Waals surface area contributed by atoms with Crippen LogP contribution in [0.15, 0.2) is 31.0 Å². The number of halogens is 2. The molecule has 1 fully saturated rings. The number of alkyl halides is 2. The fourth-order valence-electron chi connectivity index (χ4n) is 3.18. The number of carbonyl (C=O) groups is 1. The zero-order valence-corrected chi connectivity index (χ0v) is 13.2. The first kappa shape index (κ1) is 15.7. The van der Waals surface area contributed by atoms with Crippen LogP contribution in [0.3, 0.4) is 0 Å². The van der Waals surface area contributed by atoms with Crippen LogP contribution in [0.1, 0.15) is 35.7 Å². The number of likely N-dealkylation sites (tertiary alicyclic amines) is 1. The molecule has 122 valence electrons. The van der Waals surface area contributed by atoms with Crippen molar-refractivity contribution < 1.29 is 13.6 Å². The molecule has 1 amide bonds. The average molecular weight is 318 g/mol. The van der Waals surface area contributed by atoms with E-state index in [4.69, 9.17) is 0 Å². The molecule has 1 saturated heterocycles. The lowest BCUT2D eigenvalue weighted by Crippen LogP contribution is -2.45. The quantitative estimate of drug-likeness (QED) is 0.833. The molecule has 0 bridgehead atoms. The molecule has 23 heavy (non-hydrogen) atoms. The number of nitrogens with zero attached hydrogens (tertiary/aromatic N) is 2. The summed E-state index contributed by atoms with van der Waals surface area (Å²) in [5.74, 6) is -3.10. The van der Waals surface area contributed by atoms with E-state index < -0.39 is 12.5 Å². The Balaban J connectivity index is 2.02. The number of aryl methyl sites for hydroxylation is 1. The van der Waals surface area contributed by atoms with Gasteiger partial charge in [-0.25, -0.2) is 8.78 Å². The lowest BCUT2D eigenvalue weighted by atomic mass is 10.0. The highest BCUT2D eigenvalue weighted by Gasteiger charge is 2.37. The number of fused-ring (bicyclic) bond motifs is 1. The molecule has 2 aromatic rings. The zero-order chi connectivity index (χ0) is 16.6. The number of hydrogen-bond donors (Lipinski definition) is 0. The molecule has 5 heteroatoms. The van der Waals surface area contributed by atoms with Gasteiger partial charge in [-0.2, -0.15) is 0 Å². The summed E-state index contributed by atoms with van der Waals surface area (Å²) >= 11 is 0. The molecule has 1 aliphatic rings. The van der Waals surface area contributed by atoms with E-state index in [1.165, 1.54) is 4.90 Å². The zero-order valence-electron chi connectivity index (χ0n) is 13.2. The minimum atomic E-state index is -2.78. The van der Waals surface area contributed by atoms with E-state index in [2.05, 4.69) is 6.58 Å². The topological polar surface area (TPSA) is 25.2 Å². The summed E-state index contributed by atoms with van der Waals surface area (Å²) in [5.41, 5.74) is 2.39. The van der Waals surface area contributed by atoms with Crippen LogP contribution >= 0.6 is 0 Å². The van der Waals surface area contributed by atoms with Crippen LogP contribution in [0.2, 0.25) is 0 Å². The predicted molar refractivity (Wildman–Crippen MR) is 87.8 cm³/mol. The number of carbonyl (C=O) groups excluding carboxylic acids is 1. The molecule has 0 radical (unpaired) electrons. The largest absolute Gasteiger partial charge is 0.347 e. The first-order valence-corrected chi connectivity index (χ1v) is 7.87. The molecule has 3 rings (SSSR count). The van der Waals surface area contributed by atoms with Gasteiger partial charge < -0.3 is 9.47 Å². The maximum Gasteiger partial charge on any atom is 0.265 e. The Kier molecular flexibility index (Phi) is 3.96. The van der Waals surface area contributed by atoms with Crippen molar-refractivity contribution >= 4 is 22.9 Å². The van der Waals surface area contributed by atoms with Crippen molar-refractivity contribution in [1.29, 1.82) is 0 Å². The smallest absolute Gasteiger partial charge is 0.265 e. The molecular formula is C18H20F2N2O. The predicted octanol–water partition coefficient (Wildman–Crippen LogP) is 4.18. The van der Waals surface area contributed by atoms with Crippen LogP contribution in [0.5, 0.6) is 0 Å². The molecule has 0 unspecified atom stereocenters. The lowest BCUT2D eigenvalue weighted by molar-refractivity contribution is -0.0560. The summed E-state index contributed by atoms with van der Waals surface area (Å²) in [4.78, 5) is 14.0. The van der Waals surface area contributed by atoms with E-state index in [9.17, 15) is 13.6 Å². The second-order valence-electron chi connectivity index (χ2n) is 6.00. The molecule has 0 atom stereocenters. The molecule has 1 aliphatic heterocycles. The van der Waals surface area contributed by atoms with Gasteiger partial charge in [0.15, 0.2) is 0 Å². The fraction of sp³-hybridized carbons (Fsp3) is 0.389. The second kappa shape index (κ2) is 5.80. The third kappa shape index (κ3) is 2.87. The molecule has 3 nitrogen and oxygen atoms in total. The summed E-state index contributed by atoms with van der Waals surface area (Å²) in [6, 6.07) is 5.72. The minimum absolute atomic E-state index is 0.143. The highest BCUT2D eigenvalue weighted by molar-refractivity contribution is 6.07. The Morgan fingerprint density at radius 3 is 2.87 bits per heavy atom. The van der Waals surface area contributed by atoms with Crippen LogP contribution in [-0.4, -0.2) is 34.4 Å². The maximum absolute atomic E-state index is 13.6. The van der Waals surface area contributed by atoms with Crippen LogP contribution < -0.4 is 0 Å². The molecule has 0 spiro atoms. The number of benzene rings is 1. The van der Waals surface area contributed by atoms with Gasteiger partial charge in [-0.05, 0) is 25.0 Å². The molecule has 2 heterocycles. The van der Waals surface area contributed by atoms with Crippen molar-refractivity contribution in [3.8, 4) is 0 Å². The fourth-order valence-corrected chi connectivity index (χ4v) is 3.18. The van der Waals surface area contributed by atoms with Crippen molar-refractivity contribution in [3.63, 3.8) is 0 Å². The van der Waals surface area contributed by atoms with E-state index in [1.807, 2.05) is 29.7 Å². The van der Waals surface area contributed by atoms with E-state index in [-0.39, 0.29) is 12.3 Å². The van der Waals surface area contributed by atoms with Gasteiger partial charge in [-0.3, -0.25) is 4.79 Å². The first-order chi connectivity index (χ1) is 10.9. The van der Waals surface area contributed by atoms with Crippen LogP contribution in [-0.2, 0) is 6.54 Å². The van der Waals surface area contributed by atoms with E-state index in [0.29, 0.717) is 25.1 Å². The van der Waals surface area contributed by atoms with Crippen LogP contribution in [0.25, 0.3) is 17.0 Å². The van der Waals surface area contributed by atoms with Gasteiger partial charge in [-0.15, -0.1) is 0 Å². The lowest BCUT2D eigenvalue weighted by Gasteiger charge is -2.32. The van der Waals surface area contributed by atoms with E-state index in [1.54, 1.807) is 12.3 Å². The second-order valence-corrected chi connectivity index (χ2v) is 6.00. The number of piperidine rings is 1. The third-order valence-corrected chi connectivity index (χ3v) is 4.39. The van der Waals surface area contributed by atoms with Crippen molar-refractivity contribution in [2.45, 2.75) is 32.2 Å². The Hall–Kier alpha value is -2.17. The Morgan fingerprint density at radius 2 is 2.22 bits per heavy atom. The molecular weight excluding hydrogens is 298 g/mol. The average Bonchev–Trinajstić information content (AvgIpc) is 2.90.